The normalized spacial score (nSPS) is 22.7. The van der Waals surface area contributed by atoms with Gasteiger partial charge in [0.05, 0.1) is 11.6 Å². The summed E-state index contributed by atoms with van der Waals surface area (Å²) in [5.74, 6) is 2.86. The van der Waals surface area contributed by atoms with Crippen LogP contribution in [0, 0.1) is 18.3 Å². The van der Waals surface area contributed by atoms with E-state index >= 15 is 0 Å². The molecule has 0 aliphatic carbocycles. The summed E-state index contributed by atoms with van der Waals surface area (Å²) in [6, 6.07) is 11.4. The molecule has 2 unspecified atom stereocenters. The molecule has 1 aromatic carbocycles. The zero-order chi connectivity index (χ0) is 26.6. The van der Waals surface area contributed by atoms with Crippen molar-refractivity contribution in [3.8, 4) is 11.8 Å². The summed E-state index contributed by atoms with van der Waals surface area (Å²) in [6.45, 7) is 9.15. The van der Waals surface area contributed by atoms with Crippen molar-refractivity contribution >= 4 is 28.5 Å². The summed E-state index contributed by atoms with van der Waals surface area (Å²) in [5.41, 5.74) is 1.80. The molecule has 0 bridgehead atoms. The zero-order valence-electron chi connectivity index (χ0n) is 22.9. The monoisotopic (exact) mass is 517 g/mol. The number of nitriles is 1. The molecule has 5 rings (SSSR count). The van der Waals surface area contributed by atoms with Gasteiger partial charge in [-0.05, 0) is 51.8 Å². The number of nitrogens with one attached hydrogen (secondary N) is 3. The number of rotatable bonds is 10. The number of aromatic amines is 1. The van der Waals surface area contributed by atoms with Gasteiger partial charge in [0, 0.05) is 67.4 Å². The minimum Gasteiger partial charge on any atom is -0.488 e. The van der Waals surface area contributed by atoms with Crippen molar-refractivity contribution in [2.45, 2.75) is 77.1 Å². The van der Waals surface area contributed by atoms with E-state index in [9.17, 15) is 0 Å². The molecule has 38 heavy (non-hydrogen) atoms. The smallest absolute Gasteiger partial charge is 0.225 e. The molecular weight excluding hydrogens is 478 g/mol. The number of piperidine rings is 1. The highest BCUT2D eigenvalue weighted by Crippen LogP contribution is 2.32. The molecule has 2 saturated heterocycles. The number of likely N-dealkylation sites (N-methyl/N-ethyl adjacent to an activating group) is 1. The van der Waals surface area contributed by atoms with Crippen LogP contribution in [-0.4, -0.2) is 80.9 Å². The first kappa shape index (κ1) is 26.2. The zero-order valence-corrected chi connectivity index (χ0v) is 22.9. The Morgan fingerprint density at radius 1 is 1.13 bits per heavy atom. The average molecular weight is 518 g/mol. The SMILES string of the molecule is CCC1CC(Nc2nc(Nc3cc(C)[nH]n3)c3ccc(OC4CN(C)C4)cc3n2)CC(CC)N1CCC#N. The number of hydrogen-bond donors (Lipinski definition) is 3. The van der Waals surface area contributed by atoms with Crippen molar-refractivity contribution < 1.29 is 4.74 Å². The fraction of sp³-hybridized carbons (Fsp3) is 0.571. The highest BCUT2D eigenvalue weighted by molar-refractivity contribution is 5.92. The van der Waals surface area contributed by atoms with Crippen molar-refractivity contribution in [3.63, 3.8) is 0 Å². The molecule has 2 aliphatic rings. The number of aryl methyl sites for hydroxylation is 1. The van der Waals surface area contributed by atoms with Gasteiger partial charge in [0.25, 0.3) is 0 Å². The summed E-state index contributed by atoms with van der Waals surface area (Å²) in [7, 11) is 2.10. The van der Waals surface area contributed by atoms with Crippen LogP contribution < -0.4 is 15.4 Å². The fourth-order valence-electron chi connectivity index (χ4n) is 5.82. The van der Waals surface area contributed by atoms with E-state index < -0.39 is 0 Å². The lowest BCUT2D eigenvalue weighted by Crippen LogP contribution is -2.52. The van der Waals surface area contributed by atoms with E-state index in [2.05, 4.69) is 57.6 Å². The van der Waals surface area contributed by atoms with E-state index in [1.807, 2.05) is 31.2 Å². The van der Waals surface area contributed by atoms with Gasteiger partial charge < -0.3 is 15.4 Å². The second kappa shape index (κ2) is 11.5. The quantitative estimate of drug-likeness (QED) is 0.358. The van der Waals surface area contributed by atoms with Crippen LogP contribution in [-0.2, 0) is 0 Å². The van der Waals surface area contributed by atoms with Gasteiger partial charge in [0.2, 0.25) is 5.95 Å². The molecule has 3 aromatic rings. The summed E-state index contributed by atoms with van der Waals surface area (Å²) in [6.07, 6.45) is 4.90. The Labute approximate surface area is 224 Å². The third kappa shape index (κ3) is 5.84. The molecule has 0 amide bonds. The fourth-order valence-corrected chi connectivity index (χ4v) is 5.82. The van der Waals surface area contributed by atoms with Crippen LogP contribution >= 0.6 is 0 Å². The summed E-state index contributed by atoms with van der Waals surface area (Å²) in [4.78, 5) is 14.6. The molecule has 0 spiro atoms. The van der Waals surface area contributed by atoms with Crippen LogP contribution in [0.3, 0.4) is 0 Å². The highest BCUT2D eigenvalue weighted by Gasteiger charge is 2.34. The van der Waals surface area contributed by atoms with Crippen LogP contribution in [0.1, 0.15) is 51.6 Å². The predicted molar refractivity (Wildman–Crippen MR) is 150 cm³/mol. The Morgan fingerprint density at radius 2 is 1.89 bits per heavy atom. The molecule has 202 valence electrons. The molecule has 3 N–H and O–H groups in total. The number of aromatic nitrogens is 4. The number of ether oxygens (including phenoxy) is 1. The minimum atomic E-state index is 0.213. The van der Waals surface area contributed by atoms with Gasteiger partial charge in [-0.15, -0.1) is 0 Å². The van der Waals surface area contributed by atoms with Gasteiger partial charge in [0.1, 0.15) is 17.7 Å². The van der Waals surface area contributed by atoms with Crippen LogP contribution in [0.2, 0.25) is 0 Å². The first-order valence-corrected chi connectivity index (χ1v) is 13.8. The summed E-state index contributed by atoms with van der Waals surface area (Å²) in [5, 5.41) is 24.4. The van der Waals surface area contributed by atoms with E-state index in [4.69, 9.17) is 20.0 Å². The van der Waals surface area contributed by atoms with Crippen LogP contribution in [0.4, 0.5) is 17.6 Å². The Morgan fingerprint density at radius 3 is 2.53 bits per heavy atom. The number of benzene rings is 1. The van der Waals surface area contributed by atoms with Crippen LogP contribution in [0.25, 0.3) is 10.9 Å². The van der Waals surface area contributed by atoms with Crippen LogP contribution in [0.15, 0.2) is 24.3 Å². The number of fused-ring (bicyclic) bond motifs is 1. The maximum absolute atomic E-state index is 9.15. The Hall–Kier alpha value is -3.42. The Kier molecular flexibility index (Phi) is 7.95. The highest BCUT2D eigenvalue weighted by atomic mass is 16.5. The molecule has 0 radical (unpaired) electrons. The first-order chi connectivity index (χ1) is 18.4. The standard InChI is InChI=1S/C28H39N9O/c1-5-20-13-19(14-21(6-2)37(20)11-7-10-29)30-28-31-25-15-22(38-23-16-36(4)17-23)8-9-24(25)27(33-28)32-26-12-18(3)34-35-26/h8-9,12,15,19-21,23H,5-7,11,13-14,16-17H2,1-4H3,(H3,30,31,32,33,34,35). The average Bonchev–Trinajstić information content (AvgIpc) is 3.30. The largest absolute Gasteiger partial charge is 0.488 e. The second-order valence-corrected chi connectivity index (χ2v) is 10.7. The Balaban J connectivity index is 1.42. The second-order valence-electron chi connectivity index (χ2n) is 10.7. The summed E-state index contributed by atoms with van der Waals surface area (Å²) < 4.78 is 6.19. The van der Waals surface area contributed by atoms with Crippen molar-refractivity contribution in [2.24, 2.45) is 0 Å². The van der Waals surface area contributed by atoms with Gasteiger partial charge in [-0.3, -0.25) is 14.9 Å². The molecule has 2 aromatic heterocycles. The van der Waals surface area contributed by atoms with Crippen LogP contribution in [0.5, 0.6) is 5.75 Å². The predicted octanol–water partition coefficient (Wildman–Crippen LogP) is 4.44. The van der Waals surface area contributed by atoms with E-state index in [0.717, 1.165) is 67.7 Å². The van der Waals surface area contributed by atoms with Gasteiger partial charge >= 0.3 is 0 Å². The maximum atomic E-state index is 9.15. The van der Waals surface area contributed by atoms with Gasteiger partial charge in [-0.25, -0.2) is 4.98 Å². The number of likely N-dealkylation sites (tertiary alicyclic amines) is 2. The number of hydrogen-bond acceptors (Lipinski definition) is 9. The van der Waals surface area contributed by atoms with Gasteiger partial charge in [-0.2, -0.15) is 15.3 Å². The van der Waals surface area contributed by atoms with E-state index in [0.29, 0.717) is 36.1 Å². The molecule has 10 heteroatoms. The van der Waals surface area contributed by atoms with Crippen molar-refractivity contribution in [3.05, 3.63) is 30.0 Å². The van der Waals surface area contributed by atoms with E-state index in [1.54, 1.807) is 0 Å². The first-order valence-electron chi connectivity index (χ1n) is 13.8. The van der Waals surface area contributed by atoms with Crippen molar-refractivity contribution in [1.29, 1.82) is 5.26 Å². The van der Waals surface area contributed by atoms with E-state index in [-0.39, 0.29) is 12.1 Å². The number of nitrogens with zero attached hydrogens (tertiary/aromatic N) is 6. The molecule has 2 atom stereocenters. The lowest BCUT2D eigenvalue weighted by Gasteiger charge is -2.45. The third-order valence-electron chi connectivity index (χ3n) is 7.76. The van der Waals surface area contributed by atoms with Crippen molar-refractivity contribution in [2.75, 3.05) is 37.3 Å². The summed E-state index contributed by atoms with van der Waals surface area (Å²) >= 11 is 0. The van der Waals surface area contributed by atoms with Crippen molar-refractivity contribution in [1.82, 2.24) is 30.0 Å². The molecule has 10 nitrogen and oxygen atoms in total. The maximum Gasteiger partial charge on any atom is 0.225 e. The third-order valence-corrected chi connectivity index (χ3v) is 7.76. The number of anilines is 3. The molecular formula is C28H39N9O. The Bertz CT molecular complexity index is 1270. The van der Waals surface area contributed by atoms with Gasteiger partial charge in [0.15, 0.2) is 5.82 Å². The number of H-pyrrole nitrogens is 1. The molecule has 2 fully saturated rings. The topological polar surface area (TPSA) is 118 Å². The molecule has 0 saturated carbocycles. The minimum absolute atomic E-state index is 0.213. The van der Waals surface area contributed by atoms with E-state index in [1.165, 1.54) is 0 Å². The lowest BCUT2D eigenvalue weighted by atomic mass is 9.88. The lowest BCUT2D eigenvalue weighted by molar-refractivity contribution is 0.0389. The molecule has 2 aliphatic heterocycles. The molecule has 4 heterocycles. The van der Waals surface area contributed by atoms with Gasteiger partial charge in [-0.1, -0.05) is 13.8 Å².